The summed E-state index contributed by atoms with van der Waals surface area (Å²) in [6, 6.07) is -0.0712. The zero-order valence-corrected chi connectivity index (χ0v) is 16.2. The van der Waals surface area contributed by atoms with Gasteiger partial charge in [-0.3, -0.25) is 4.79 Å². The highest BCUT2D eigenvalue weighted by molar-refractivity contribution is 5.83. The van der Waals surface area contributed by atoms with Crippen molar-refractivity contribution >= 4 is 11.7 Å². The number of amides is 1. The number of rotatable bonds is 7. The van der Waals surface area contributed by atoms with E-state index in [9.17, 15) is 9.59 Å². The zero-order chi connectivity index (χ0) is 18.4. The van der Waals surface area contributed by atoms with Crippen molar-refractivity contribution in [2.75, 3.05) is 13.2 Å². The Kier molecular flexibility index (Phi) is 7.88. The first-order valence-electron chi connectivity index (χ1n) is 10.0. The highest BCUT2D eigenvalue weighted by Crippen LogP contribution is 2.31. The molecule has 0 aromatic heterocycles. The van der Waals surface area contributed by atoms with Crippen molar-refractivity contribution in [2.24, 2.45) is 17.6 Å². The lowest BCUT2D eigenvalue weighted by molar-refractivity contribution is -0.139. The largest absolute Gasteiger partial charge is 0.376 e. The second-order valence-corrected chi connectivity index (χ2v) is 8.28. The second-order valence-electron chi connectivity index (χ2n) is 8.28. The Balaban J connectivity index is 1.84. The van der Waals surface area contributed by atoms with Crippen LogP contribution in [0.25, 0.3) is 0 Å². The SMILES string of the molecule is CC(=O)CCC(=O)N1CCC[C@H](N)[C@@H]1CO[C@H]1CC[C@@H](C(C)C)CC1. The molecule has 0 bridgehead atoms. The number of ketones is 1. The Morgan fingerprint density at radius 2 is 1.80 bits per heavy atom. The first-order valence-corrected chi connectivity index (χ1v) is 10.0. The van der Waals surface area contributed by atoms with E-state index in [1.807, 2.05) is 4.90 Å². The van der Waals surface area contributed by atoms with Crippen molar-refractivity contribution in [3.8, 4) is 0 Å². The zero-order valence-electron chi connectivity index (χ0n) is 16.2. The number of piperidine rings is 1. The van der Waals surface area contributed by atoms with E-state index in [1.165, 1.54) is 19.8 Å². The number of ether oxygens (including phenoxy) is 1. The fraction of sp³-hybridized carbons (Fsp3) is 0.900. The minimum Gasteiger partial charge on any atom is -0.376 e. The van der Waals surface area contributed by atoms with Crippen LogP contribution >= 0.6 is 0 Å². The van der Waals surface area contributed by atoms with Gasteiger partial charge in [0, 0.05) is 25.4 Å². The molecule has 0 spiro atoms. The Morgan fingerprint density at radius 3 is 2.40 bits per heavy atom. The van der Waals surface area contributed by atoms with Gasteiger partial charge in [-0.2, -0.15) is 0 Å². The fourth-order valence-corrected chi connectivity index (χ4v) is 4.19. The summed E-state index contributed by atoms with van der Waals surface area (Å²) in [6.45, 7) is 7.40. The summed E-state index contributed by atoms with van der Waals surface area (Å²) in [5, 5.41) is 0. The number of Topliss-reactive ketones (excluding diaryl/α,β-unsaturated/α-hetero) is 1. The monoisotopic (exact) mass is 352 g/mol. The molecule has 5 heteroatoms. The molecule has 2 atom stereocenters. The van der Waals surface area contributed by atoms with Crippen LogP contribution in [0.4, 0.5) is 0 Å². The van der Waals surface area contributed by atoms with Crippen LogP contribution in [0.15, 0.2) is 0 Å². The van der Waals surface area contributed by atoms with E-state index < -0.39 is 0 Å². The van der Waals surface area contributed by atoms with Gasteiger partial charge in [0.15, 0.2) is 0 Å². The van der Waals surface area contributed by atoms with Gasteiger partial charge in [0.1, 0.15) is 5.78 Å². The predicted molar refractivity (Wildman–Crippen MR) is 99.2 cm³/mol. The summed E-state index contributed by atoms with van der Waals surface area (Å²) in [7, 11) is 0. The van der Waals surface area contributed by atoms with Crippen LogP contribution < -0.4 is 5.73 Å². The van der Waals surface area contributed by atoms with Crippen LogP contribution in [0.2, 0.25) is 0 Å². The molecule has 2 fully saturated rings. The number of nitrogens with zero attached hydrogens (tertiary/aromatic N) is 1. The summed E-state index contributed by atoms with van der Waals surface area (Å²) in [4.78, 5) is 25.5. The molecule has 0 aromatic rings. The Bertz CT molecular complexity index is 444. The molecular weight excluding hydrogens is 316 g/mol. The van der Waals surface area contributed by atoms with Gasteiger partial charge in [-0.15, -0.1) is 0 Å². The number of carbonyl (C=O) groups excluding carboxylic acids is 2. The average Bonchev–Trinajstić information content (AvgIpc) is 2.58. The summed E-state index contributed by atoms with van der Waals surface area (Å²) >= 11 is 0. The molecule has 25 heavy (non-hydrogen) atoms. The lowest BCUT2D eigenvalue weighted by Crippen LogP contribution is -2.56. The van der Waals surface area contributed by atoms with Crippen LogP contribution in [0, 0.1) is 11.8 Å². The summed E-state index contributed by atoms with van der Waals surface area (Å²) in [5.41, 5.74) is 6.30. The maximum absolute atomic E-state index is 12.5. The van der Waals surface area contributed by atoms with Crippen LogP contribution in [0.1, 0.15) is 72.1 Å². The number of nitrogens with two attached hydrogens (primary N) is 1. The van der Waals surface area contributed by atoms with Crippen molar-refractivity contribution in [1.29, 1.82) is 0 Å². The molecule has 2 rings (SSSR count). The maximum atomic E-state index is 12.5. The van der Waals surface area contributed by atoms with Gasteiger partial charge in [-0.05, 0) is 57.3 Å². The van der Waals surface area contributed by atoms with Crippen LogP contribution in [0.5, 0.6) is 0 Å². The van der Waals surface area contributed by atoms with Crippen molar-refractivity contribution in [1.82, 2.24) is 4.90 Å². The minimum atomic E-state index is -0.0453. The molecule has 0 aromatic carbocycles. The molecule has 0 radical (unpaired) electrons. The third-order valence-corrected chi connectivity index (χ3v) is 6.01. The van der Waals surface area contributed by atoms with Gasteiger partial charge in [0.05, 0.1) is 18.8 Å². The van der Waals surface area contributed by atoms with E-state index in [1.54, 1.807) is 0 Å². The van der Waals surface area contributed by atoms with E-state index in [0.717, 1.165) is 44.1 Å². The summed E-state index contributed by atoms with van der Waals surface area (Å²) in [5.74, 6) is 1.68. The lowest BCUT2D eigenvalue weighted by atomic mass is 9.80. The van der Waals surface area contributed by atoms with E-state index in [2.05, 4.69) is 13.8 Å². The first-order chi connectivity index (χ1) is 11.9. The smallest absolute Gasteiger partial charge is 0.223 e. The maximum Gasteiger partial charge on any atom is 0.223 e. The van der Waals surface area contributed by atoms with Crippen molar-refractivity contribution in [3.05, 3.63) is 0 Å². The van der Waals surface area contributed by atoms with Gasteiger partial charge in [0.25, 0.3) is 0 Å². The third-order valence-electron chi connectivity index (χ3n) is 6.01. The normalized spacial score (nSPS) is 30.5. The fourth-order valence-electron chi connectivity index (χ4n) is 4.19. The molecular formula is C20H36N2O3. The average molecular weight is 353 g/mol. The molecule has 5 nitrogen and oxygen atoms in total. The molecule has 1 saturated carbocycles. The van der Waals surface area contributed by atoms with Crippen LogP contribution in [0.3, 0.4) is 0 Å². The Morgan fingerprint density at radius 1 is 1.12 bits per heavy atom. The first kappa shape index (κ1) is 20.4. The van der Waals surface area contributed by atoms with Gasteiger partial charge < -0.3 is 20.2 Å². The molecule has 2 N–H and O–H groups in total. The highest BCUT2D eigenvalue weighted by Gasteiger charge is 2.33. The summed E-state index contributed by atoms with van der Waals surface area (Å²) < 4.78 is 6.19. The van der Waals surface area contributed by atoms with E-state index in [0.29, 0.717) is 19.1 Å². The molecule has 1 saturated heterocycles. The van der Waals surface area contributed by atoms with Crippen LogP contribution in [-0.4, -0.2) is 47.9 Å². The molecule has 2 aliphatic rings. The minimum absolute atomic E-state index is 0.0259. The predicted octanol–water partition coefficient (Wildman–Crippen LogP) is 2.91. The molecule has 1 aliphatic heterocycles. The quantitative estimate of drug-likeness (QED) is 0.764. The molecule has 144 valence electrons. The third kappa shape index (κ3) is 6.07. The van der Waals surface area contributed by atoms with Crippen molar-refractivity contribution in [3.63, 3.8) is 0 Å². The number of hydrogen-bond donors (Lipinski definition) is 1. The van der Waals surface area contributed by atoms with Gasteiger partial charge in [-0.25, -0.2) is 0 Å². The Hall–Kier alpha value is -0.940. The molecule has 1 heterocycles. The standard InChI is InChI=1S/C20H36N2O3/c1-14(2)16-7-9-17(10-8-16)25-13-19-18(21)5-4-12-22(19)20(24)11-6-15(3)23/h14,16-19H,4-13,21H2,1-3H3/t16-,17+,18-,19-/m0/s1. The number of likely N-dealkylation sites (tertiary alicyclic amines) is 1. The van der Waals surface area contributed by atoms with E-state index >= 15 is 0 Å². The molecule has 1 amide bonds. The van der Waals surface area contributed by atoms with E-state index in [-0.39, 0.29) is 30.2 Å². The van der Waals surface area contributed by atoms with Gasteiger partial charge in [-0.1, -0.05) is 13.8 Å². The van der Waals surface area contributed by atoms with Crippen molar-refractivity contribution in [2.45, 2.75) is 90.3 Å². The van der Waals surface area contributed by atoms with Crippen molar-refractivity contribution < 1.29 is 14.3 Å². The summed E-state index contributed by atoms with van der Waals surface area (Å²) in [6.07, 6.45) is 7.48. The number of carbonyl (C=O) groups is 2. The lowest BCUT2D eigenvalue weighted by Gasteiger charge is -2.41. The topological polar surface area (TPSA) is 72.6 Å². The van der Waals surface area contributed by atoms with Gasteiger partial charge >= 0.3 is 0 Å². The molecule has 0 unspecified atom stereocenters. The van der Waals surface area contributed by atoms with Crippen LogP contribution in [-0.2, 0) is 14.3 Å². The van der Waals surface area contributed by atoms with Gasteiger partial charge in [0.2, 0.25) is 5.91 Å². The highest BCUT2D eigenvalue weighted by atomic mass is 16.5. The number of hydrogen-bond acceptors (Lipinski definition) is 4. The second kappa shape index (κ2) is 9.67. The Labute approximate surface area is 152 Å². The van der Waals surface area contributed by atoms with E-state index in [4.69, 9.17) is 10.5 Å². The molecule has 1 aliphatic carbocycles.